The monoisotopic (exact) mass is 622 g/mol. The third-order valence-corrected chi connectivity index (χ3v) is 7.69. The van der Waals surface area contributed by atoms with Crippen molar-refractivity contribution in [1.29, 1.82) is 0 Å². The van der Waals surface area contributed by atoms with Crippen molar-refractivity contribution in [3.8, 4) is 28.6 Å². The number of methoxy groups -OCH3 is 1. The zero-order chi connectivity index (χ0) is 32.1. The van der Waals surface area contributed by atoms with Crippen molar-refractivity contribution in [1.82, 2.24) is 0 Å². The van der Waals surface area contributed by atoms with Gasteiger partial charge in [0.25, 0.3) is 5.79 Å². The molecule has 3 heterocycles. The highest BCUT2D eigenvalue weighted by atomic mass is 16.8. The number of carbonyl (C=O) groups is 1. The first-order chi connectivity index (χ1) is 20.9. The Morgan fingerprint density at radius 2 is 1.64 bits per heavy atom. The summed E-state index contributed by atoms with van der Waals surface area (Å²) in [4.78, 5) is 25.4. The molecule has 2 aliphatic heterocycles. The van der Waals surface area contributed by atoms with Crippen molar-refractivity contribution in [3.05, 3.63) is 52.7 Å². The molecule has 0 aliphatic carbocycles. The molecule has 2 fully saturated rings. The van der Waals surface area contributed by atoms with E-state index in [0.29, 0.717) is 5.56 Å². The number of fused-ring (bicyclic) bond motifs is 1. The number of hydrogen-bond donors (Lipinski definition) is 9. The average Bonchev–Trinajstić information content (AvgIpc) is 3.01. The molecule has 5 rings (SSSR count). The Bertz CT molecular complexity index is 1570. The van der Waals surface area contributed by atoms with Gasteiger partial charge in [-0.15, -0.1) is 0 Å². The van der Waals surface area contributed by atoms with Crippen molar-refractivity contribution in [3.63, 3.8) is 0 Å². The lowest BCUT2D eigenvalue weighted by atomic mass is 9.83. The summed E-state index contributed by atoms with van der Waals surface area (Å²) in [7, 11) is 1.15. The SMILES string of the molecule is COc1cc2oc(-c3ccccc3)cc(=O)c2c(O[C@@]2([C@H]3O[C@H](C(=O)O)[C@H](O)[C@@H](O)[C@@H]3O)O[C@@H](CO)[C@H](O)[C@H](O)[C@@H]2O)c1O. The Kier molecular flexibility index (Phi) is 8.56. The van der Waals surface area contributed by atoms with Gasteiger partial charge in [-0.05, 0) is 0 Å². The number of aliphatic hydroxyl groups is 7. The molecule has 0 saturated carbocycles. The lowest BCUT2D eigenvalue weighted by molar-refractivity contribution is -0.393. The van der Waals surface area contributed by atoms with Crippen LogP contribution in [0.5, 0.6) is 17.2 Å². The lowest BCUT2D eigenvalue weighted by Crippen LogP contribution is -2.77. The Hall–Kier alpha value is -3.84. The third kappa shape index (κ3) is 5.05. The van der Waals surface area contributed by atoms with Crippen LogP contribution in [0.3, 0.4) is 0 Å². The number of benzene rings is 2. The van der Waals surface area contributed by atoms with Gasteiger partial charge in [-0.25, -0.2) is 4.79 Å². The Balaban J connectivity index is 1.76. The number of aromatic hydroxyl groups is 1. The van der Waals surface area contributed by atoms with Crippen LogP contribution >= 0.6 is 0 Å². The van der Waals surface area contributed by atoms with Gasteiger partial charge in [-0.2, -0.15) is 0 Å². The Labute approximate surface area is 247 Å². The number of rotatable bonds is 7. The van der Waals surface area contributed by atoms with Gasteiger partial charge in [-0.3, -0.25) is 4.79 Å². The van der Waals surface area contributed by atoms with E-state index in [-0.39, 0.29) is 17.1 Å². The maximum absolute atomic E-state index is 13.5. The van der Waals surface area contributed by atoms with Gasteiger partial charge >= 0.3 is 5.97 Å². The minimum atomic E-state index is -3.10. The number of aliphatic hydroxyl groups excluding tert-OH is 7. The predicted octanol–water partition coefficient (Wildman–Crippen LogP) is -2.34. The number of phenols is 1. The molecule has 0 unspecified atom stereocenters. The van der Waals surface area contributed by atoms with Crippen LogP contribution in [-0.2, 0) is 14.3 Å². The first-order valence-electron chi connectivity index (χ1n) is 13.2. The van der Waals surface area contributed by atoms with Crippen molar-refractivity contribution in [2.45, 2.75) is 60.7 Å². The van der Waals surface area contributed by atoms with Gasteiger partial charge in [0.2, 0.25) is 5.75 Å². The van der Waals surface area contributed by atoms with E-state index in [1.54, 1.807) is 30.3 Å². The van der Waals surface area contributed by atoms with Gasteiger partial charge in [0.1, 0.15) is 53.4 Å². The normalized spacial score (nSPS) is 34.0. The van der Waals surface area contributed by atoms with E-state index in [2.05, 4.69) is 0 Å². The summed E-state index contributed by atoms with van der Waals surface area (Å²) in [6, 6.07) is 10.6. The van der Waals surface area contributed by atoms with Crippen LogP contribution < -0.4 is 14.9 Å². The minimum Gasteiger partial charge on any atom is -0.502 e. The van der Waals surface area contributed by atoms with Crippen LogP contribution in [0, 0.1) is 0 Å². The van der Waals surface area contributed by atoms with Crippen LogP contribution in [0.4, 0.5) is 0 Å². The van der Waals surface area contributed by atoms with Crippen molar-refractivity contribution < 1.29 is 74.1 Å². The fourth-order valence-corrected chi connectivity index (χ4v) is 5.37. The topological polar surface area (TPSA) is 266 Å². The van der Waals surface area contributed by atoms with E-state index in [1.165, 1.54) is 0 Å². The molecule has 9 N–H and O–H groups in total. The molecule has 238 valence electrons. The molecule has 10 atom stereocenters. The van der Waals surface area contributed by atoms with Gasteiger partial charge < -0.3 is 69.3 Å². The molecule has 16 nitrogen and oxygen atoms in total. The number of hydrogen-bond acceptors (Lipinski definition) is 15. The third-order valence-electron chi connectivity index (χ3n) is 7.69. The zero-order valence-corrected chi connectivity index (χ0v) is 22.8. The highest BCUT2D eigenvalue weighted by Crippen LogP contribution is 2.48. The zero-order valence-electron chi connectivity index (χ0n) is 22.8. The molecular formula is C28H30O16. The molecule has 0 spiro atoms. The Morgan fingerprint density at radius 3 is 2.25 bits per heavy atom. The number of carboxylic acids is 1. The quantitative estimate of drug-likeness (QED) is 0.134. The second kappa shape index (κ2) is 11.9. The standard InChI is InChI=1S/C28H30O16/c1-40-14-8-13-16(11(30)7-12(41-13)10-5-3-2-4-6-10)23(18(14)32)44-28(25(37)21(35)17(31)15(9-29)43-28)26-22(36)19(33)20(34)24(42-26)27(38)39/h2-8,15,17,19-22,24-26,29,31-37H,9H2,1H3,(H,38,39)/t15-,17-,19+,20+,21-,22-,24-,25-,26-,28-/m0/s1. The summed E-state index contributed by atoms with van der Waals surface area (Å²) in [5.41, 5.74) is -0.552. The van der Waals surface area contributed by atoms with Gasteiger partial charge in [0.05, 0.1) is 13.7 Å². The van der Waals surface area contributed by atoms with Crippen molar-refractivity contribution in [2.24, 2.45) is 0 Å². The second-order valence-electron chi connectivity index (χ2n) is 10.3. The number of aliphatic carboxylic acids is 1. The molecule has 3 aromatic rings. The summed E-state index contributed by atoms with van der Waals surface area (Å²) in [6.07, 6.45) is -19.9. The molecule has 2 aliphatic rings. The maximum Gasteiger partial charge on any atom is 0.335 e. The minimum absolute atomic E-state index is 0.0943. The van der Waals surface area contributed by atoms with Crippen LogP contribution in [0.25, 0.3) is 22.3 Å². The van der Waals surface area contributed by atoms with Gasteiger partial charge in [0.15, 0.2) is 35.2 Å². The molecule has 0 radical (unpaired) electrons. The fourth-order valence-electron chi connectivity index (χ4n) is 5.37. The van der Waals surface area contributed by atoms with Crippen LogP contribution in [0.1, 0.15) is 0 Å². The largest absolute Gasteiger partial charge is 0.502 e. The number of ether oxygens (including phenoxy) is 4. The van der Waals surface area contributed by atoms with Crippen molar-refractivity contribution >= 4 is 16.9 Å². The second-order valence-corrected chi connectivity index (χ2v) is 10.3. The molecule has 2 aromatic carbocycles. The highest BCUT2D eigenvalue weighted by molar-refractivity contribution is 5.90. The summed E-state index contributed by atoms with van der Waals surface area (Å²) in [5, 5.41) is 94.4. The summed E-state index contributed by atoms with van der Waals surface area (Å²) >= 11 is 0. The van der Waals surface area contributed by atoms with Crippen molar-refractivity contribution in [2.75, 3.05) is 13.7 Å². The van der Waals surface area contributed by atoms with Gasteiger partial charge in [-0.1, -0.05) is 30.3 Å². The smallest absolute Gasteiger partial charge is 0.335 e. The van der Waals surface area contributed by atoms with Crippen LogP contribution in [-0.4, -0.2) is 126 Å². The van der Waals surface area contributed by atoms with Gasteiger partial charge in [0, 0.05) is 17.7 Å². The van der Waals surface area contributed by atoms with E-state index >= 15 is 0 Å². The first-order valence-corrected chi connectivity index (χ1v) is 13.2. The molecule has 0 amide bonds. The number of phenolic OH excluding ortho intramolecular Hbond substituents is 1. The lowest BCUT2D eigenvalue weighted by Gasteiger charge is -2.54. The predicted molar refractivity (Wildman–Crippen MR) is 144 cm³/mol. The van der Waals surface area contributed by atoms with E-state index in [9.17, 15) is 55.5 Å². The maximum atomic E-state index is 13.5. The van der Waals surface area contributed by atoms with Crippen LogP contribution in [0.2, 0.25) is 0 Å². The van der Waals surface area contributed by atoms with E-state index in [4.69, 9.17) is 23.4 Å². The fraction of sp³-hybridized carbons (Fsp3) is 0.429. The van der Waals surface area contributed by atoms with Crippen LogP contribution in [0.15, 0.2) is 51.7 Å². The summed E-state index contributed by atoms with van der Waals surface area (Å²) in [6.45, 7) is -1.04. The Morgan fingerprint density at radius 1 is 0.955 bits per heavy atom. The highest BCUT2D eigenvalue weighted by Gasteiger charge is 2.66. The average molecular weight is 623 g/mol. The van der Waals surface area contributed by atoms with E-state index in [1.807, 2.05) is 0 Å². The van der Waals surface area contributed by atoms with E-state index in [0.717, 1.165) is 19.2 Å². The molecule has 44 heavy (non-hydrogen) atoms. The first kappa shape index (κ1) is 31.6. The molecular weight excluding hydrogens is 592 g/mol. The molecule has 0 bridgehead atoms. The molecule has 16 heteroatoms. The van der Waals surface area contributed by atoms with E-state index < -0.39 is 95.6 Å². The summed E-state index contributed by atoms with van der Waals surface area (Å²) in [5.74, 6) is -6.90. The number of carboxylic acid groups (broad SMARTS) is 1. The summed E-state index contributed by atoms with van der Waals surface area (Å²) < 4.78 is 28.1. The molecule has 2 saturated heterocycles. The molecule has 1 aromatic heterocycles.